The van der Waals surface area contributed by atoms with Gasteiger partial charge in [0.05, 0.1) is 0 Å². The van der Waals surface area contributed by atoms with Gasteiger partial charge >= 0.3 is 0 Å². The lowest BCUT2D eigenvalue weighted by Gasteiger charge is -2.20. The van der Waals surface area contributed by atoms with Gasteiger partial charge in [-0.15, -0.1) is 10.2 Å². The zero-order chi connectivity index (χ0) is 15.8. The third kappa shape index (κ3) is 2.68. The summed E-state index contributed by atoms with van der Waals surface area (Å²) in [6, 6.07) is 4.84. The summed E-state index contributed by atoms with van der Waals surface area (Å²) < 4.78 is 2.49. The molecule has 23 heavy (non-hydrogen) atoms. The van der Waals surface area contributed by atoms with Crippen LogP contribution in [-0.4, -0.2) is 19.7 Å². The molecule has 0 bridgehead atoms. The van der Waals surface area contributed by atoms with Gasteiger partial charge in [0.1, 0.15) is 5.82 Å². The van der Waals surface area contributed by atoms with E-state index in [1.165, 1.54) is 57.2 Å². The molecule has 2 aliphatic carbocycles. The maximum atomic E-state index is 4.67. The first-order chi connectivity index (χ1) is 11.2. The predicted molar refractivity (Wildman–Crippen MR) is 91.4 cm³/mol. The Labute approximate surface area is 138 Å². The van der Waals surface area contributed by atoms with E-state index in [-0.39, 0.29) is 0 Å². The van der Waals surface area contributed by atoms with Crippen LogP contribution in [0, 0.1) is 13.8 Å². The van der Waals surface area contributed by atoms with Crippen molar-refractivity contribution in [2.24, 2.45) is 0 Å². The second-order valence-electron chi connectivity index (χ2n) is 7.26. The van der Waals surface area contributed by atoms with Gasteiger partial charge in [-0.05, 0) is 51.7 Å². The smallest absolute Gasteiger partial charge is 0.166 e. The second kappa shape index (κ2) is 6.06. The molecule has 0 radical (unpaired) electrons. The Morgan fingerprint density at radius 2 is 1.61 bits per heavy atom. The molecule has 2 aliphatic rings. The first kappa shape index (κ1) is 14.9. The summed E-state index contributed by atoms with van der Waals surface area (Å²) >= 11 is 0. The van der Waals surface area contributed by atoms with E-state index in [0.29, 0.717) is 12.0 Å². The molecule has 4 heteroatoms. The molecule has 0 amide bonds. The second-order valence-corrected chi connectivity index (χ2v) is 7.26. The highest BCUT2D eigenvalue weighted by molar-refractivity contribution is 5.58. The van der Waals surface area contributed by atoms with Crippen LogP contribution in [0.2, 0.25) is 0 Å². The van der Waals surface area contributed by atoms with Gasteiger partial charge in [0.15, 0.2) is 5.82 Å². The Bertz CT molecular complexity index is 691. The lowest BCUT2D eigenvalue weighted by Crippen LogP contribution is -2.13. The van der Waals surface area contributed by atoms with Crippen molar-refractivity contribution in [3.63, 3.8) is 0 Å². The minimum absolute atomic E-state index is 0.580. The van der Waals surface area contributed by atoms with Gasteiger partial charge in [-0.3, -0.25) is 4.98 Å². The molecule has 0 spiro atoms. The minimum atomic E-state index is 0.580. The molecule has 2 saturated carbocycles. The molecule has 4 nitrogen and oxygen atoms in total. The Hall–Kier alpha value is -1.71. The molecule has 0 aliphatic heterocycles. The summed E-state index contributed by atoms with van der Waals surface area (Å²) in [4.78, 5) is 4.64. The minimum Gasteiger partial charge on any atom is -0.308 e. The van der Waals surface area contributed by atoms with E-state index < -0.39 is 0 Å². The molecule has 0 aromatic carbocycles. The van der Waals surface area contributed by atoms with Gasteiger partial charge in [-0.25, -0.2) is 0 Å². The molecule has 0 unspecified atom stereocenters. The molecule has 2 aromatic rings. The molecule has 2 aromatic heterocycles. The predicted octanol–water partition coefficient (Wildman–Crippen LogP) is 4.73. The highest BCUT2D eigenvalue weighted by Crippen LogP contribution is 2.40. The zero-order valence-corrected chi connectivity index (χ0v) is 14.3. The first-order valence-corrected chi connectivity index (χ1v) is 9.13. The fraction of sp³-hybridized carbons (Fsp3) is 0.632. The number of pyridine rings is 1. The number of aryl methyl sites for hydroxylation is 2. The Kier molecular flexibility index (Phi) is 3.92. The number of hydrogen-bond donors (Lipinski definition) is 0. The number of hydrogen-bond acceptors (Lipinski definition) is 3. The molecule has 2 fully saturated rings. The Morgan fingerprint density at radius 1 is 0.913 bits per heavy atom. The highest BCUT2D eigenvalue weighted by Gasteiger charge is 2.30. The van der Waals surface area contributed by atoms with Gasteiger partial charge in [-0.1, -0.05) is 25.7 Å². The maximum absolute atomic E-state index is 4.67. The van der Waals surface area contributed by atoms with Crippen molar-refractivity contribution in [2.45, 2.75) is 77.2 Å². The van der Waals surface area contributed by atoms with E-state index in [4.69, 9.17) is 0 Å². The molecular weight excluding hydrogens is 284 g/mol. The van der Waals surface area contributed by atoms with Crippen molar-refractivity contribution in [2.75, 3.05) is 0 Å². The average molecular weight is 310 g/mol. The standard InChI is InChI=1S/C19H26N4/c1-13-11-12-17(14(2)20-13)19-22-21-18(15-7-3-4-8-15)23(19)16-9-5-6-10-16/h11-12,15-16H,3-10H2,1-2H3. The zero-order valence-electron chi connectivity index (χ0n) is 14.3. The monoisotopic (exact) mass is 310 g/mol. The average Bonchev–Trinajstić information content (AvgIpc) is 3.27. The third-order valence-electron chi connectivity index (χ3n) is 5.60. The lowest BCUT2D eigenvalue weighted by molar-refractivity contribution is 0.479. The number of nitrogens with zero attached hydrogens (tertiary/aromatic N) is 4. The topological polar surface area (TPSA) is 43.6 Å². The van der Waals surface area contributed by atoms with Crippen LogP contribution in [0.4, 0.5) is 0 Å². The molecule has 0 N–H and O–H groups in total. The quantitative estimate of drug-likeness (QED) is 0.823. The fourth-order valence-electron chi connectivity index (χ4n) is 4.39. The van der Waals surface area contributed by atoms with Crippen LogP contribution in [0.3, 0.4) is 0 Å². The van der Waals surface area contributed by atoms with Crippen LogP contribution in [0.15, 0.2) is 12.1 Å². The normalized spacial score (nSPS) is 19.7. The molecule has 0 saturated heterocycles. The van der Waals surface area contributed by atoms with Gasteiger partial charge < -0.3 is 4.57 Å². The van der Waals surface area contributed by atoms with Crippen molar-refractivity contribution in [1.82, 2.24) is 19.7 Å². The van der Waals surface area contributed by atoms with E-state index in [0.717, 1.165) is 22.8 Å². The summed E-state index contributed by atoms with van der Waals surface area (Å²) in [7, 11) is 0. The lowest BCUT2D eigenvalue weighted by atomic mass is 10.1. The summed E-state index contributed by atoms with van der Waals surface area (Å²) in [5, 5.41) is 9.31. The summed E-state index contributed by atoms with van der Waals surface area (Å²) in [5.41, 5.74) is 3.28. The van der Waals surface area contributed by atoms with Crippen molar-refractivity contribution in [3.8, 4) is 11.4 Å². The highest BCUT2D eigenvalue weighted by atomic mass is 15.3. The maximum Gasteiger partial charge on any atom is 0.166 e. The van der Waals surface area contributed by atoms with Gasteiger partial charge in [0.25, 0.3) is 0 Å². The summed E-state index contributed by atoms with van der Waals surface area (Å²) in [6.45, 7) is 4.13. The van der Waals surface area contributed by atoms with Crippen LogP contribution >= 0.6 is 0 Å². The van der Waals surface area contributed by atoms with Crippen LogP contribution in [0.5, 0.6) is 0 Å². The van der Waals surface area contributed by atoms with Crippen LogP contribution < -0.4 is 0 Å². The fourth-order valence-corrected chi connectivity index (χ4v) is 4.39. The number of rotatable bonds is 3. The largest absolute Gasteiger partial charge is 0.308 e. The van der Waals surface area contributed by atoms with E-state index in [1.807, 2.05) is 6.92 Å². The van der Waals surface area contributed by atoms with Crippen LogP contribution in [0.25, 0.3) is 11.4 Å². The summed E-state index contributed by atoms with van der Waals surface area (Å²) in [6.07, 6.45) is 10.4. The van der Waals surface area contributed by atoms with Crippen LogP contribution in [-0.2, 0) is 0 Å². The van der Waals surface area contributed by atoms with E-state index in [1.54, 1.807) is 0 Å². The van der Waals surface area contributed by atoms with Crippen molar-refractivity contribution >= 4 is 0 Å². The third-order valence-corrected chi connectivity index (χ3v) is 5.60. The van der Waals surface area contributed by atoms with Crippen molar-refractivity contribution in [3.05, 3.63) is 29.3 Å². The van der Waals surface area contributed by atoms with Gasteiger partial charge in [0.2, 0.25) is 0 Å². The van der Waals surface area contributed by atoms with E-state index in [2.05, 4.69) is 38.8 Å². The molecule has 122 valence electrons. The molecular formula is C19H26N4. The Morgan fingerprint density at radius 3 is 2.30 bits per heavy atom. The molecule has 2 heterocycles. The first-order valence-electron chi connectivity index (χ1n) is 9.13. The van der Waals surface area contributed by atoms with E-state index in [9.17, 15) is 0 Å². The van der Waals surface area contributed by atoms with Gasteiger partial charge in [-0.2, -0.15) is 0 Å². The SMILES string of the molecule is Cc1ccc(-c2nnc(C3CCCC3)n2C2CCCC2)c(C)n1. The number of aromatic nitrogens is 4. The van der Waals surface area contributed by atoms with Crippen LogP contribution in [0.1, 0.15) is 80.5 Å². The van der Waals surface area contributed by atoms with Crippen molar-refractivity contribution < 1.29 is 0 Å². The summed E-state index contributed by atoms with van der Waals surface area (Å²) in [5.74, 6) is 2.89. The molecule has 0 atom stereocenters. The van der Waals surface area contributed by atoms with E-state index >= 15 is 0 Å². The van der Waals surface area contributed by atoms with Gasteiger partial charge in [0, 0.05) is 28.9 Å². The van der Waals surface area contributed by atoms with Crippen molar-refractivity contribution in [1.29, 1.82) is 0 Å². The Balaban J connectivity index is 1.82. The molecule has 4 rings (SSSR count).